The van der Waals surface area contributed by atoms with Gasteiger partial charge in [0.2, 0.25) is 10.0 Å². The highest BCUT2D eigenvalue weighted by Crippen LogP contribution is 2.23. The van der Waals surface area contributed by atoms with Crippen molar-refractivity contribution in [2.75, 3.05) is 24.3 Å². The molecule has 0 aliphatic heterocycles. The predicted octanol–water partition coefficient (Wildman–Crippen LogP) is 3.16. The van der Waals surface area contributed by atoms with Crippen molar-refractivity contribution in [1.29, 1.82) is 0 Å². The maximum atomic E-state index is 12.3. The highest BCUT2D eigenvalue weighted by atomic mass is 32.2. The number of sulfonamides is 1. The zero-order valence-electron chi connectivity index (χ0n) is 17.2. The van der Waals surface area contributed by atoms with Crippen molar-refractivity contribution in [3.8, 4) is 0 Å². The smallest absolute Gasteiger partial charge is 0.233 e. The monoisotopic (exact) mass is 415 g/mol. The molecule has 0 bridgehead atoms. The zero-order chi connectivity index (χ0) is 20.9. The molecule has 0 amide bonds. The average Bonchev–Trinajstić information content (AvgIpc) is 2.68. The Kier molecular flexibility index (Phi) is 6.87. The van der Waals surface area contributed by atoms with Gasteiger partial charge in [0.25, 0.3) is 0 Å². The number of hydrogen-bond donors (Lipinski definition) is 2. The van der Waals surface area contributed by atoms with Gasteiger partial charge in [-0.25, -0.2) is 23.1 Å². The molecule has 0 unspecified atom stereocenters. The topological polar surface area (TPSA) is 87.2 Å². The van der Waals surface area contributed by atoms with Crippen LogP contribution in [0.2, 0.25) is 0 Å². The number of aryl methyl sites for hydroxylation is 1. The van der Waals surface area contributed by atoms with Gasteiger partial charge in [0.05, 0.1) is 0 Å². The van der Waals surface area contributed by atoms with Crippen LogP contribution in [-0.4, -0.2) is 44.6 Å². The standard InChI is InChI=1S/C21H29N5O2S/c1-16-22-20(15-21(23-16)26(2)3)24-18-9-11-19(12-10-18)25-29(27,28)14-13-17-7-5-4-6-8-17/h4-8,13-15,18-19,25H,9-12H2,1-3H3,(H,22,23,24)/b14-13+. The molecular formula is C21H29N5O2S. The molecule has 2 N–H and O–H groups in total. The van der Waals surface area contributed by atoms with Gasteiger partial charge < -0.3 is 10.2 Å². The molecule has 1 saturated carbocycles. The fourth-order valence-electron chi connectivity index (χ4n) is 3.42. The SMILES string of the molecule is Cc1nc(NC2CCC(NS(=O)(=O)/C=C/c3ccccc3)CC2)cc(N(C)C)n1. The zero-order valence-corrected chi connectivity index (χ0v) is 18.0. The Bertz CT molecular complexity index is 937. The molecule has 0 spiro atoms. The number of aromatic nitrogens is 2. The summed E-state index contributed by atoms with van der Waals surface area (Å²) < 4.78 is 27.5. The van der Waals surface area contributed by atoms with Crippen molar-refractivity contribution in [3.05, 3.63) is 53.2 Å². The van der Waals surface area contributed by atoms with Crippen molar-refractivity contribution in [3.63, 3.8) is 0 Å². The first-order valence-electron chi connectivity index (χ1n) is 9.86. The van der Waals surface area contributed by atoms with Crippen molar-refractivity contribution >= 4 is 27.7 Å². The molecule has 1 aliphatic rings. The molecule has 1 aromatic carbocycles. The molecule has 29 heavy (non-hydrogen) atoms. The molecule has 0 radical (unpaired) electrons. The lowest BCUT2D eigenvalue weighted by molar-refractivity contribution is 0.388. The van der Waals surface area contributed by atoms with Crippen LogP contribution < -0.4 is 14.9 Å². The molecule has 0 atom stereocenters. The minimum atomic E-state index is -3.45. The maximum Gasteiger partial charge on any atom is 0.233 e. The van der Waals surface area contributed by atoms with E-state index in [9.17, 15) is 8.42 Å². The van der Waals surface area contributed by atoms with E-state index in [0.717, 1.165) is 48.7 Å². The molecule has 8 heteroatoms. The second-order valence-corrected chi connectivity index (χ2v) is 9.22. The number of rotatable bonds is 7. The van der Waals surface area contributed by atoms with Crippen LogP contribution in [0.3, 0.4) is 0 Å². The Morgan fingerprint density at radius 1 is 1.03 bits per heavy atom. The molecule has 7 nitrogen and oxygen atoms in total. The number of hydrogen-bond acceptors (Lipinski definition) is 6. The number of benzene rings is 1. The Labute approximate surface area is 173 Å². The van der Waals surface area contributed by atoms with Gasteiger partial charge >= 0.3 is 0 Å². The second-order valence-electron chi connectivity index (χ2n) is 7.62. The fraction of sp³-hybridized carbons (Fsp3) is 0.429. The van der Waals surface area contributed by atoms with E-state index in [1.54, 1.807) is 6.08 Å². The van der Waals surface area contributed by atoms with Crippen LogP contribution in [0.25, 0.3) is 6.08 Å². The molecule has 0 saturated heterocycles. The molecule has 2 aromatic rings. The van der Waals surface area contributed by atoms with Crippen LogP contribution in [0, 0.1) is 6.92 Å². The first-order chi connectivity index (χ1) is 13.8. The summed E-state index contributed by atoms with van der Waals surface area (Å²) in [6, 6.07) is 11.6. The van der Waals surface area contributed by atoms with Gasteiger partial charge in [-0.3, -0.25) is 0 Å². The van der Waals surface area contributed by atoms with Gasteiger partial charge in [0.1, 0.15) is 17.5 Å². The molecule has 156 valence electrons. The number of anilines is 2. The van der Waals surface area contributed by atoms with E-state index in [4.69, 9.17) is 0 Å². The summed E-state index contributed by atoms with van der Waals surface area (Å²) in [6.45, 7) is 1.88. The summed E-state index contributed by atoms with van der Waals surface area (Å²) in [6.07, 6.45) is 4.97. The molecule has 1 aromatic heterocycles. The van der Waals surface area contributed by atoms with Crippen LogP contribution in [-0.2, 0) is 10.0 Å². The van der Waals surface area contributed by atoms with E-state index in [-0.39, 0.29) is 12.1 Å². The third-order valence-corrected chi connectivity index (χ3v) is 6.09. The minimum absolute atomic E-state index is 0.0389. The quantitative estimate of drug-likeness (QED) is 0.722. The van der Waals surface area contributed by atoms with E-state index >= 15 is 0 Å². The van der Waals surface area contributed by atoms with Crippen LogP contribution in [0.4, 0.5) is 11.6 Å². The lowest BCUT2D eigenvalue weighted by Gasteiger charge is -2.29. The van der Waals surface area contributed by atoms with Crippen LogP contribution in [0.5, 0.6) is 0 Å². The van der Waals surface area contributed by atoms with E-state index in [1.807, 2.05) is 62.3 Å². The first-order valence-corrected chi connectivity index (χ1v) is 11.4. The van der Waals surface area contributed by atoms with E-state index < -0.39 is 10.0 Å². The Morgan fingerprint density at radius 3 is 2.34 bits per heavy atom. The summed E-state index contributed by atoms with van der Waals surface area (Å²) in [4.78, 5) is 10.8. The van der Waals surface area contributed by atoms with Gasteiger partial charge in [0.15, 0.2) is 0 Å². The average molecular weight is 416 g/mol. The van der Waals surface area contributed by atoms with Gasteiger partial charge in [-0.2, -0.15) is 0 Å². The molecule has 3 rings (SSSR count). The Balaban J connectivity index is 1.52. The van der Waals surface area contributed by atoms with Crippen LogP contribution in [0.15, 0.2) is 41.8 Å². The molecular weight excluding hydrogens is 386 g/mol. The van der Waals surface area contributed by atoms with Crippen LogP contribution in [0.1, 0.15) is 37.1 Å². The van der Waals surface area contributed by atoms with Gasteiger partial charge in [-0.05, 0) is 44.2 Å². The molecule has 1 fully saturated rings. The third-order valence-electron chi connectivity index (χ3n) is 4.93. The highest BCUT2D eigenvalue weighted by Gasteiger charge is 2.24. The Hall–Kier alpha value is -2.45. The van der Waals surface area contributed by atoms with Crippen LogP contribution >= 0.6 is 0 Å². The summed E-state index contributed by atoms with van der Waals surface area (Å²) >= 11 is 0. The van der Waals surface area contributed by atoms with E-state index in [2.05, 4.69) is 20.0 Å². The fourth-order valence-corrected chi connectivity index (χ4v) is 4.54. The third kappa shape index (κ3) is 6.54. The largest absolute Gasteiger partial charge is 0.367 e. The second kappa shape index (κ2) is 9.37. The Morgan fingerprint density at radius 2 is 1.69 bits per heavy atom. The van der Waals surface area contributed by atoms with Crippen molar-refractivity contribution in [2.45, 2.75) is 44.7 Å². The minimum Gasteiger partial charge on any atom is -0.367 e. The van der Waals surface area contributed by atoms with Crippen molar-refractivity contribution in [1.82, 2.24) is 14.7 Å². The lowest BCUT2D eigenvalue weighted by atomic mass is 9.92. The van der Waals surface area contributed by atoms with Crippen molar-refractivity contribution in [2.24, 2.45) is 0 Å². The predicted molar refractivity (Wildman–Crippen MR) is 118 cm³/mol. The highest BCUT2D eigenvalue weighted by molar-refractivity contribution is 7.92. The normalized spacial score (nSPS) is 20.0. The summed E-state index contributed by atoms with van der Waals surface area (Å²) in [5.74, 6) is 2.41. The van der Waals surface area contributed by atoms with E-state index in [1.165, 1.54) is 5.41 Å². The van der Waals surface area contributed by atoms with Gasteiger partial charge in [-0.15, -0.1) is 0 Å². The molecule has 1 aliphatic carbocycles. The van der Waals surface area contributed by atoms with E-state index in [0.29, 0.717) is 0 Å². The summed E-state index contributed by atoms with van der Waals surface area (Å²) in [5.41, 5.74) is 0.864. The summed E-state index contributed by atoms with van der Waals surface area (Å²) in [5, 5.41) is 4.73. The number of nitrogens with zero attached hydrogens (tertiary/aromatic N) is 3. The maximum absolute atomic E-state index is 12.3. The molecule has 1 heterocycles. The lowest BCUT2D eigenvalue weighted by Crippen LogP contribution is -2.39. The van der Waals surface area contributed by atoms with Gasteiger partial charge in [0, 0.05) is 37.7 Å². The number of nitrogens with one attached hydrogen (secondary N) is 2. The first kappa shape index (κ1) is 21.3. The van der Waals surface area contributed by atoms with Gasteiger partial charge in [-0.1, -0.05) is 30.3 Å². The van der Waals surface area contributed by atoms with Crippen molar-refractivity contribution < 1.29 is 8.42 Å². The summed E-state index contributed by atoms with van der Waals surface area (Å²) in [7, 11) is 0.453.